The molecule has 13 heavy (non-hydrogen) atoms. The van der Waals surface area contributed by atoms with Crippen molar-refractivity contribution in [3.63, 3.8) is 0 Å². The molecule has 1 fully saturated rings. The van der Waals surface area contributed by atoms with E-state index >= 15 is 0 Å². The van der Waals surface area contributed by atoms with Gasteiger partial charge in [-0.2, -0.15) is 0 Å². The summed E-state index contributed by atoms with van der Waals surface area (Å²) < 4.78 is 0. The molecule has 78 valence electrons. The highest BCUT2D eigenvalue weighted by Gasteiger charge is 2.10. The van der Waals surface area contributed by atoms with E-state index in [0.29, 0.717) is 0 Å². The van der Waals surface area contributed by atoms with Crippen LogP contribution in [0.15, 0.2) is 0 Å². The second-order valence-electron chi connectivity index (χ2n) is 3.58. The van der Waals surface area contributed by atoms with Crippen molar-refractivity contribution in [2.75, 3.05) is 0 Å². The molecule has 1 rings (SSSR count). The van der Waals surface area contributed by atoms with Gasteiger partial charge in [-0.05, 0) is 5.92 Å². The Hall–Kier alpha value is -0.730. The van der Waals surface area contributed by atoms with Crippen LogP contribution in [0.3, 0.4) is 0 Å². The van der Waals surface area contributed by atoms with Gasteiger partial charge < -0.3 is 10.2 Å². The Balaban J connectivity index is 0.000000310. The lowest BCUT2D eigenvalue weighted by atomic mass is 9.86. The maximum Gasteiger partial charge on any atom is 0.503 e. The number of carboxylic acid groups (broad SMARTS) is 2. The Kier molecular flexibility index (Phi) is 7.45. The molecule has 0 aromatic rings. The predicted octanol–water partition coefficient (Wildman–Crippen LogP) is 3.59. The van der Waals surface area contributed by atoms with E-state index in [-0.39, 0.29) is 0 Å². The molecule has 1 aliphatic rings. The number of hydrogen-bond acceptors (Lipinski definition) is 1. The van der Waals surface area contributed by atoms with Gasteiger partial charge in [0.05, 0.1) is 0 Å². The third kappa shape index (κ3) is 9.18. The lowest BCUT2D eigenvalue weighted by molar-refractivity contribution is 0.137. The molecular formula is C10H20O3. The van der Waals surface area contributed by atoms with Crippen molar-refractivity contribution in [3.8, 4) is 0 Å². The van der Waals surface area contributed by atoms with Gasteiger partial charge in [0, 0.05) is 0 Å². The smallest absolute Gasteiger partial charge is 0.450 e. The van der Waals surface area contributed by atoms with Crippen molar-refractivity contribution in [2.24, 2.45) is 5.92 Å². The van der Waals surface area contributed by atoms with Crippen molar-refractivity contribution >= 4 is 6.16 Å². The van der Waals surface area contributed by atoms with Crippen LogP contribution in [-0.2, 0) is 0 Å². The van der Waals surface area contributed by atoms with E-state index < -0.39 is 6.16 Å². The molecule has 0 heterocycles. The van der Waals surface area contributed by atoms with Gasteiger partial charge in [-0.1, -0.05) is 51.9 Å². The first-order valence-corrected chi connectivity index (χ1v) is 5.08. The lowest BCUT2D eigenvalue weighted by Gasteiger charge is -2.20. The topological polar surface area (TPSA) is 57.5 Å². The van der Waals surface area contributed by atoms with Crippen LogP contribution in [0.5, 0.6) is 0 Å². The SMILES string of the molecule is CCCC1CCCCC1.O=C(O)O. The van der Waals surface area contributed by atoms with Gasteiger partial charge in [0.25, 0.3) is 0 Å². The summed E-state index contributed by atoms with van der Waals surface area (Å²) >= 11 is 0. The van der Waals surface area contributed by atoms with Crippen molar-refractivity contribution in [3.05, 3.63) is 0 Å². The quantitative estimate of drug-likeness (QED) is 0.696. The molecule has 0 spiro atoms. The largest absolute Gasteiger partial charge is 0.503 e. The molecule has 0 unspecified atom stereocenters. The van der Waals surface area contributed by atoms with E-state index in [2.05, 4.69) is 6.92 Å². The van der Waals surface area contributed by atoms with Crippen molar-refractivity contribution in [2.45, 2.75) is 51.9 Å². The normalized spacial score (nSPS) is 17.3. The fraction of sp³-hybridized carbons (Fsp3) is 0.900. The molecule has 0 atom stereocenters. The molecule has 3 heteroatoms. The zero-order valence-electron chi connectivity index (χ0n) is 8.33. The van der Waals surface area contributed by atoms with Crippen LogP contribution in [0.25, 0.3) is 0 Å². The highest BCUT2D eigenvalue weighted by Crippen LogP contribution is 2.26. The van der Waals surface area contributed by atoms with Crippen molar-refractivity contribution in [1.29, 1.82) is 0 Å². The minimum atomic E-state index is -1.83. The van der Waals surface area contributed by atoms with E-state index in [1.54, 1.807) is 0 Å². The summed E-state index contributed by atoms with van der Waals surface area (Å²) in [5.74, 6) is 1.10. The maximum absolute atomic E-state index is 8.56. The molecule has 0 aliphatic heterocycles. The third-order valence-corrected chi connectivity index (χ3v) is 2.42. The highest BCUT2D eigenvalue weighted by molar-refractivity contribution is 5.53. The van der Waals surface area contributed by atoms with Gasteiger partial charge >= 0.3 is 6.16 Å². The molecule has 1 saturated carbocycles. The minimum absolute atomic E-state index is 1.10. The van der Waals surface area contributed by atoms with Gasteiger partial charge in [-0.25, -0.2) is 4.79 Å². The van der Waals surface area contributed by atoms with Crippen LogP contribution in [0, 0.1) is 5.92 Å². The fourth-order valence-electron chi connectivity index (χ4n) is 1.88. The summed E-state index contributed by atoms with van der Waals surface area (Å²) in [5.41, 5.74) is 0. The summed E-state index contributed by atoms with van der Waals surface area (Å²) in [7, 11) is 0. The molecule has 3 nitrogen and oxygen atoms in total. The van der Waals surface area contributed by atoms with E-state index in [0.717, 1.165) is 5.92 Å². The molecule has 0 bridgehead atoms. The molecule has 0 aromatic heterocycles. The van der Waals surface area contributed by atoms with Crippen LogP contribution < -0.4 is 0 Å². The fourth-order valence-corrected chi connectivity index (χ4v) is 1.88. The van der Waals surface area contributed by atoms with E-state index in [4.69, 9.17) is 15.0 Å². The zero-order chi connectivity index (χ0) is 10.1. The molecule has 2 N–H and O–H groups in total. The Morgan fingerprint density at radius 1 is 1.23 bits per heavy atom. The number of hydrogen-bond donors (Lipinski definition) is 2. The molecule has 0 saturated heterocycles. The third-order valence-electron chi connectivity index (χ3n) is 2.42. The Bertz CT molecular complexity index is 121. The van der Waals surface area contributed by atoms with Crippen molar-refractivity contribution in [1.82, 2.24) is 0 Å². The zero-order valence-corrected chi connectivity index (χ0v) is 8.33. The Labute approximate surface area is 79.8 Å². The van der Waals surface area contributed by atoms with Gasteiger partial charge in [0.15, 0.2) is 0 Å². The summed E-state index contributed by atoms with van der Waals surface area (Å²) in [6.07, 6.45) is 8.60. The first-order valence-electron chi connectivity index (χ1n) is 5.08. The summed E-state index contributed by atoms with van der Waals surface area (Å²) in [5, 5.41) is 13.9. The Morgan fingerprint density at radius 2 is 1.69 bits per heavy atom. The predicted molar refractivity (Wildman–Crippen MR) is 52.1 cm³/mol. The van der Waals surface area contributed by atoms with Gasteiger partial charge in [0.2, 0.25) is 0 Å². The number of rotatable bonds is 2. The second-order valence-corrected chi connectivity index (χ2v) is 3.58. The van der Waals surface area contributed by atoms with Gasteiger partial charge in [0.1, 0.15) is 0 Å². The lowest BCUT2D eigenvalue weighted by Crippen LogP contribution is -2.04. The highest BCUT2D eigenvalue weighted by atomic mass is 16.6. The molecule has 0 radical (unpaired) electrons. The molecule has 0 aromatic carbocycles. The molecule has 0 amide bonds. The summed E-state index contributed by atoms with van der Waals surface area (Å²) in [6.45, 7) is 2.30. The average molecular weight is 188 g/mol. The van der Waals surface area contributed by atoms with Gasteiger partial charge in [-0.3, -0.25) is 0 Å². The van der Waals surface area contributed by atoms with E-state index in [1.165, 1.54) is 44.9 Å². The summed E-state index contributed by atoms with van der Waals surface area (Å²) in [4.78, 5) is 8.56. The average Bonchev–Trinajstić information content (AvgIpc) is 2.06. The number of carbonyl (C=O) groups is 1. The first kappa shape index (κ1) is 12.3. The van der Waals surface area contributed by atoms with Crippen LogP contribution in [0.4, 0.5) is 4.79 Å². The van der Waals surface area contributed by atoms with Gasteiger partial charge in [-0.15, -0.1) is 0 Å². The standard InChI is InChI=1S/C9H18.CH2O3/c1-2-6-9-7-4-3-5-8-9;2-1(3)4/h9H,2-8H2,1H3;(H2,2,3,4). The van der Waals surface area contributed by atoms with Crippen LogP contribution in [-0.4, -0.2) is 16.4 Å². The molecule has 1 aliphatic carbocycles. The van der Waals surface area contributed by atoms with Crippen LogP contribution in [0.1, 0.15) is 51.9 Å². The van der Waals surface area contributed by atoms with E-state index in [1.807, 2.05) is 0 Å². The maximum atomic E-state index is 8.56. The van der Waals surface area contributed by atoms with E-state index in [9.17, 15) is 0 Å². The molecular weight excluding hydrogens is 168 g/mol. The van der Waals surface area contributed by atoms with Crippen molar-refractivity contribution < 1.29 is 15.0 Å². The second kappa shape index (κ2) is 7.90. The minimum Gasteiger partial charge on any atom is -0.450 e. The first-order chi connectivity index (χ1) is 6.16. The van der Waals surface area contributed by atoms with Crippen LogP contribution in [0.2, 0.25) is 0 Å². The monoisotopic (exact) mass is 188 g/mol. The Morgan fingerprint density at radius 3 is 2.08 bits per heavy atom. The van der Waals surface area contributed by atoms with Crippen LogP contribution >= 0.6 is 0 Å². The summed E-state index contributed by atoms with van der Waals surface area (Å²) in [6, 6.07) is 0.